The minimum absolute atomic E-state index is 0.222. The Balaban J connectivity index is 1.73. The van der Waals surface area contributed by atoms with E-state index < -0.39 is 0 Å². The van der Waals surface area contributed by atoms with Gasteiger partial charge in [0.25, 0.3) is 5.91 Å². The number of hydrogen-bond acceptors (Lipinski definition) is 3. The van der Waals surface area contributed by atoms with Crippen molar-refractivity contribution in [3.05, 3.63) is 71.8 Å². The van der Waals surface area contributed by atoms with Crippen LogP contribution in [-0.4, -0.2) is 17.8 Å². The highest BCUT2D eigenvalue weighted by atomic mass is 16.2. The van der Waals surface area contributed by atoms with Crippen LogP contribution in [0.15, 0.2) is 70.9 Å². The number of anilines is 1. The second kappa shape index (κ2) is 5.96. The second-order valence-corrected chi connectivity index (χ2v) is 4.48. The number of nitrogens with one attached hydrogen (secondary N) is 1. The van der Waals surface area contributed by atoms with Crippen LogP contribution >= 0.6 is 0 Å². The number of nitrogens with zero attached hydrogens (tertiary/aromatic N) is 2. The number of rotatable bonds is 3. The van der Waals surface area contributed by atoms with Gasteiger partial charge in [-0.3, -0.25) is 4.79 Å². The van der Waals surface area contributed by atoms with E-state index in [1.54, 1.807) is 12.3 Å². The predicted octanol–water partition coefficient (Wildman–Crippen LogP) is 3.13. The van der Waals surface area contributed by atoms with E-state index >= 15 is 0 Å². The summed E-state index contributed by atoms with van der Waals surface area (Å²) in [6.45, 7) is 0. The van der Waals surface area contributed by atoms with Crippen molar-refractivity contribution in [1.29, 1.82) is 0 Å². The molecule has 1 N–H and O–H groups in total. The van der Waals surface area contributed by atoms with Crippen LogP contribution in [0, 0.1) is 0 Å². The van der Waals surface area contributed by atoms with E-state index in [0.717, 1.165) is 16.8 Å². The molecule has 102 valence electrons. The van der Waals surface area contributed by atoms with Crippen LogP contribution in [0.1, 0.15) is 11.1 Å². The molecule has 0 radical (unpaired) electrons. The number of fused-ring (bicyclic) bond motifs is 1. The highest BCUT2D eigenvalue weighted by molar-refractivity contribution is 6.53. The van der Waals surface area contributed by atoms with Crippen molar-refractivity contribution >= 4 is 29.6 Å². The Morgan fingerprint density at radius 1 is 0.952 bits per heavy atom. The summed E-state index contributed by atoms with van der Waals surface area (Å²) in [5.41, 5.74) is 2.98. The number of hydrogen-bond donors (Lipinski definition) is 1. The predicted molar refractivity (Wildman–Crippen MR) is 85.6 cm³/mol. The van der Waals surface area contributed by atoms with Crippen molar-refractivity contribution in [3.8, 4) is 0 Å². The van der Waals surface area contributed by atoms with Gasteiger partial charge in [-0.1, -0.05) is 54.6 Å². The minimum Gasteiger partial charge on any atom is -0.320 e. The van der Waals surface area contributed by atoms with E-state index in [2.05, 4.69) is 15.5 Å². The molecule has 1 aliphatic rings. The van der Waals surface area contributed by atoms with Crippen LogP contribution in [0.2, 0.25) is 0 Å². The average molecular weight is 275 g/mol. The first-order chi connectivity index (χ1) is 10.3. The third-order valence-electron chi connectivity index (χ3n) is 3.04. The molecule has 2 aromatic rings. The smallest absolute Gasteiger partial charge is 0.276 e. The van der Waals surface area contributed by atoms with Crippen molar-refractivity contribution in [1.82, 2.24) is 0 Å². The lowest BCUT2D eigenvalue weighted by Crippen LogP contribution is -2.13. The third-order valence-corrected chi connectivity index (χ3v) is 3.04. The molecule has 0 fully saturated rings. The molecule has 3 rings (SSSR count). The fraction of sp³-hybridized carbons (Fsp3) is 0. The van der Waals surface area contributed by atoms with Gasteiger partial charge in [0.05, 0.1) is 5.69 Å². The van der Waals surface area contributed by atoms with Gasteiger partial charge in [-0.25, -0.2) is 0 Å². The van der Waals surface area contributed by atoms with Crippen molar-refractivity contribution in [2.24, 2.45) is 10.2 Å². The molecular formula is C17H13N3O. The zero-order valence-electron chi connectivity index (χ0n) is 11.2. The quantitative estimate of drug-likeness (QED) is 0.679. The summed E-state index contributed by atoms with van der Waals surface area (Å²) >= 11 is 0. The van der Waals surface area contributed by atoms with E-state index in [1.165, 1.54) is 0 Å². The van der Waals surface area contributed by atoms with Crippen LogP contribution in [0.4, 0.5) is 5.69 Å². The molecule has 0 spiro atoms. The summed E-state index contributed by atoms with van der Waals surface area (Å²) in [5, 5.41) is 10.7. The highest BCUT2D eigenvalue weighted by Crippen LogP contribution is 2.22. The van der Waals surface area contributed by atoms with Crippen LogP contribution in [0.5, 0.6) is 0 Å². The molecule has 2 aromatic carbocycles. The van der Waals surface area contributed by atoms with Gasteiger partial charge in [0.15, 0.2) is 5.71 Å². The number of carbonyl (C=O) groups is 1. The first-order valence-corrected chi connectivity index (χ1v) is 6.58. The molecule has 0 saturated carbocycles. The minimum atomic E-state index is -0.222. The Morgan fingerprint density at radius 2 is 1.71 bits per heavy atom. The van der Waals surface area contributed by atoms with Crippen molar-refractivity contribution in [3.63, 3.8) is 0 Å². The van der Waals surface area contributed by atoms with E-state index in [4.69, 9.17) is 0 Å². The van der Waals surface area contributed by atoms with Gasteiger partial charge in [0.1, 0.15) is 0 Å². The van der Waals surface area contributed by atoms with Gasteiger partial charge >= 0.3 is 0 Å². The molecule has 0 aromatic heterocycles. The van der Waals surface area contributed by atoms with Gasteiger partial charge in [-0.05, 0) is 17.7 Å². The van der Waals surface area contributed by atoms with Crippen LogP contribution < -0.4 is 5.32 Å². The van der Waals surface area contributed by atoms with E-state index in [0.29, 0.717) is 5.71 Å². The molecule has 0 aliphatic carbocycles. The molecule has 0 unspecified atom stereocenters. The van der Waals surface area contributed by atoms with Gasteiger partial charge < -0.3 is 5.32 Å². The maximum absolute atomic E-state index is 11.8. The topological polar surface area (TPSA) is 53.8 Å². The van der Waals surface area contributed by atoms with E-state index in [1.807, 2.05) is 60.7 Å². The Kier molecular flexibility index (Phi) is 3.69. The molecular weight excluding hydrogens is 262 g/mol. The average Bonchev–Trinajstić information content (AvgIpc) is 2.84. The van der Waals surface area contributed by atoms with Crippen molar-refractivity contribution in [2.75, 3.05) is 5.32 Å². The molecule has 0 bridgehead atoms. The second-order valence-electron chi connectivity index (χ2n) is 4.48. The number of amides is 1. The summed E-state index contributed by atoms with van der Waals surface area (Å²) < 4.78 is 0. The Hall–Kier alpha value is -3.01. The van der Waals surface area contributed by atoms with Crippen LogP contribution in [-0.2, 0) is 4.79 Å². The molecule has 4 heteroatoms. The lowest BCUT2D eigenvalue weighted by atomic mass is 10.1. The number of allylic oxidation sites excluding steroid dienone is 1. The maximum Gasteiger partial charge on any atom is 0.276 e. The summed E-state index contributed by atoms with van der Waals surface area (Å²) in [6, 6.07) is 17.3. The maximum atomic E-state index is 11.8. The third kappa shape index (κ3) is 2.95. The molecule has 1 heterocycles. The van der Waals surface area contributed by atoms with E-state index in [9.17, 15) is 4.79 Å². The lowest BCUT2D eigenvalue weighted by Gasteiger charge is -1.93. The zero-order chi connectivity index (χ0) is 14.5. The molecule has 0 saturated heterocycles. The summed E-state index contributed by atoms with van der Waals surface area (Å²) in [5.74, 6) is -0.222. The fourth-order valence-corrected chi connectivity index (χ4v) is 2.05. The fourth-order valence-electron chi connectivity index (χ4n) is 2.05. The highest BCUT2D eigenvalue weighted by Gasteiger charge is 2.25. The first kappa shape index (κ1) is 13.0. The first-order valence-electron chi connectivity index (χ1n) is 6.58. The molecule has 0 atom stereocenters. The summed E-state index contributed by atoms with van der Waals surface area (Å²) in [4.78, 5) is 11.8. The van der Waals surface area contributed by atoms with Gasteiger partial charge in [-0.15, -0.1) is 5.10 Å². The zero-order valence-corrected chi connectivity index (χ0v) is 11.2. The van der Waals surface area contributed by atoms with Crippen LogP contribution in [0.3, 0.4) is 0 Å². The van der Waals surface area contributed by atoms with Crippen LogP contribution in [0.25, 0.3) is 6.08 Å². The number of benzene rings is 2. The SMILES string of the molecule is O=C1Nc2ccccc2\C1=N/N=C/C=C/c1ccccc1. The van der Waals surface area contributed by atoms with Gasteiger partial charge in [0.2, 0.25) is 0 Å². The van der Waals surface area contributed by atoms with Gasteiger partial charge in [-0.2, -0.15) is 5.10 Å². The van der Waals surface area contributed by atoms with Crippen molar-refractivity contribution < 1.29 is 4.79 Å². The molecule has 21 heavy (non-hydrogen) atoms. The molecule has 1 aliphatic heterocycles. The Labute approximate surface area is 122 Å². The van der Waals surface area contributed by atoms with Gasteiger partial charge in [0, 0.05) is 11.8 Å². The molecule has 1 amide bonds. The van der Waals surface area contributed by atoms with E-state index in [-0.39, 0.29) is 5.91 Å². The lowest BCUT2D eigenvalue weighted by molar-refractivity contribution is -0.110. The largest absolute Gasteiger partial charge is 0.320 e. The Morgan fingerprint density at radius 3 is 2.57 bits per heavy atom. The monoisotopic (exact) mass is 275 g/mol. The standard InChI is InChI=1S/C17H13N3O/c21-17-16(14-10-4-5-11-15(14)19-17)20-18-12-6-9-13-7-2-1-3-8-13/h1-12H,(H,19,20,21)/b9-6+,18-12+. The normalized spacial score (nSPS) is 15.8. The number of para-hydroxylation sites is 1. The summed E-state index contributed by atoms with van der Waals surface area (Å²) in [6.07, 6.45) is 5.28. The molecule has 4 nitrogen and oxygen atoms in total. The number of carbonyl (C=O) groups excluding carboxylic acids is 1. The Bertz CT molecular complexity index is 746. The van der Waals surface area contributed by atoms with Crippen molar-refractivity contribution in [2.45, 2.75) is 0 Å². The summed E-state index contributed by atoms with van der Waals surface area (Å²) in [7, 11) is 0.